The Morgan fingerprint density at radius 3 is 2.61 bits per heavy atom. The van der Waals surface area contributed by atoms with Gasteiger partial charge in [0.1, 0.15) is 0 Å². The minimum Gasteiger partial charge on any atom is -0.341 e. The molecule has 1 aromatic carbocycles. The van der Waals surface area contributed by atoms with Gasteiger partial charge in [0.2, 0.25) is 5.91 Å². The highest BCUT2D eigenvalue weighted by molar-refractivity contribution is 7.99. The zero-order valence-electron chi connectivity index (χ0n) is 16.9. The molecule has 2 heterocycles. The lowest BCUT2D eigenvalue weighted by molar-refractivity contribution is -0.130. The molecule has 1 saturated heterocycles. The van der Waals surface area contributed by atoms with Crippen LogP contribution in [0.25, 0.3) is 10.9 Å². The van der Waals surface area contributed by atoms with E-state index in [4.69, 9.17) is 11.6 Å². The average molecular weight is 422 g/mol. The summed E-state index contributed by atoms with van der Waals surface area (Å²) in [6.45, 7) is 10.7. The Morgan fingerprint density at radius 2 is 1.96 bits per heavy atom. The van der Waals surface area contributed by atoms with Gasteiger partial charge in [-0.25, -0.2) is 4.98 Å². The van der Waals surface area contributed by atoms with Gasteiger partial charge in [0.25, 0.3) is 5.56 Å². The molecule has 1 fully saturated rings. The van der Waals surface area contributed by atoms with Gasteiger partial charge >= 0.3 is 0 Å². The second-order valence-corrected chi connectivity index (χ2v) is 9.78. The molecule has 28 heavy (non-hydrogen) atoms. The van der Waals surface area contributed by atoms with E-state index in [0.717, 1.165) is 13.1 Å². The predicted molar refractivity (Wildman–Crippen MR) is 116 cm³/mol. The maximum absolute atomic E-state index is 13.0. The van der Waals surface area contributed by atoms with Crippen molar-refractivity contribution in [2.75, 3.05) is 18.8 Å². The highest BCUT2D eigenvalue weighted by Crippen LogP contribution is 2.24. The van der Waals surface area contributed by atoms with Crippen LogP contribution in [0.2, 0.25) is 5.02 Å². The van der Waals surface area contributed by atoms with Gasteiger partial charge in [-0.15, -0.1) is 0 Å². The number of rotatable bonds is 5. The van der Waals surface area contributed by atoms with E-state index in [0.29, 0.717) is 45.2 Å². The molecule has 2 unspecified atom stereocenters. The van der Waals surface area contributed by atoms with Gasteiger partial charge in [-0.1, -0.05) is 51.1 Å². The molecule has 5 nitrogen and oxygen atoms in total. The molecule has 3 rings (SSSR count). The third-order valence-electron chi connectivity index (χ3n) is 4.98. The van der Waals surface area contributed by atoms with Crippen molar-refractivity contribution in [2.45, 2.75) is 45.8 Å². The number of benzene rings is 1. The summed E-state index contributed by atoms with van der Waals surface area (Å²) in [4.78, 5) is 32.4. The standard InChI is InChI=1S/C21H28ClN3O2S/c1-13(2)9-25-20(27)17-8-16(22)5-6-18(17)23-21(25)28-12-19(26)24-10-14(3)7-15(4)11-24/h5-6,8,13-15H,7,9-12H2,1-4H3. The zero-order valence-corrected chi connectivity index (χ0v) is 18.5. The number of fused-ring (bicyclic) bond motifs is 1. The molecule has 0 saturated carbocycles. The number of aromatic nitrogens is 2. The van der Waals surface area contributed by atoms with Gasteiger partial charge < -0.3 is 4.90 Å². The number of piperidine rings is 1. The summed E-state index contributed by atoms with van der Waals surface area (Å²) in [5.74, 6) is 1.75. The molecule has 1 amide bonds. The van der Waals surface area contributed by atoms with Gasteiger partial charge in [-0.2, -0.15) is 0 Å². The molecular formula is C21H28ClN3O2S. The topological polar surface area (TPSA) is 55.2 Å². The smallest absolute Gasteiger partial charge is 0.262 e. The Hall–Kier alpha value is -1.53. The third kappa shape index (κ3) is 4.90. The molecule has 2 aromatic rings. The van der Waals surface area contributed by atoms with E-state index in [1.807, 2.05) is 4.90 Å². The number of hydrogen-bond donors (Lipinski definition) is 0. The first-order valence-corrected chi connectivity index (χ1v) is 11.2. The zero-order chi connectivity index (χ0) is 20.4. The molecule has 0 bridgehead atoms. The molecule has 2 atom stereocenters. The molecule has 0 spiro atoms. The Labute approximate surface area is 175 Å². The highest BCUT2D eigenvalue weighted by atomic mass is 35.5. The molecule has 0 aliphatic carbocycles. The van der Waals surface area contributed by atoms with Crippen LogP contribution in [0.1, 0.15) is 34.1 Å². The first-order chi connectivity index (χ1) is 13.2. The average Bonchev–Trinajstić information content (AvgIpc) is 2.62. The first kappa shape index (κ1) is 21.2. The van der Waals surface area contributed by atoms with Gasteiger partial charge in [-0.3, -0.25) is 14.2 Å². The minimum absolute atomic E-state index is 0.101. The Kier molecular flexibility index (Phi) is 6.71. The third-order valence-corrected chi connectivity index (χ3v) is 6.17. The summed E-state index contributed by atoms with van der Waals surface area (Å²) in [5, 5.41) is 1.63. The van der Waals surface area contributed by atoms with E-state index in [1.54, 1.807) is 22.8 Å². The molecule has 1 aliphatic heterocycles. The Balaban J connectivity index is 1.86. The second-order valence-electron chi connectivity index (χ2n) is 8.40. The van der Waals surface area contributed by atoms with Gasteiger partial charge in [0.15, 0.2) is 5.16 Å². The lowest BCUT2D eigenvalue weighted by Crippen LogP contribution is -2.43. The molecule has 1 aromatic heterocycles. The SMILES string of the molecule is CC(C)Cn1c(SCC(=O)N2CC(C)CC(C)C2)nc2ccc(Cl)cc2c1=O. The molecule has 152 valence electrons. The fourth-order valence-electron chi connectivity index (χ4n) is 3.89. The van der Waals surface area contributed by atoms with E-state index in [9.17, 15) is 9.59 Å². The van der Waals surface area contributed by atoms with Crippen LogP contribution in [-0.2, 0) is 11.3 Å². The number of halogens is 1. The summed E-state index contributed by atoms with van der Waals surface area (Å²) in [6, 6.07) is 5.16. The van der Waals surface area contributed by atoms with Crippen molar-refractivity contribution in [2.24, 2.45) is 17.8 Å². The van der Waals surface area contributed by atoms with E-state index >= 15 is 0 Å². The van der Waals surface area contributed by atoms with Gasteiger partial charge in [0, 0.05) is 24.7 Å². The monoisotopic (exact) mass is 421 g/mol. The quantitative estimate of drug-likeness (QED) is 0.533. The fraction of sp³-hybridized carbons (Fsp3) is 0.571. The van der Waals surface area contributed by atoms with Crippen LogP contribution in [-0.4, -0.2) is 39.2 Å². The number of hydrogen-bond acceptors (Lipinski definition) is 4. The number of thioether (sulfide) groups is 1. The maximum Gasteiger partial charge on any atom is 0.262 e. The van der Waals surface area contributed by atoms with Crippen LogP contribution in [0, 0.1) is 17.8 Å². The van der Waals surface area contributed by atoms with Crippen molar-refractivity contribution in [3.8, 4) is 0 Å². The van der Waals surface area contributed by atoms with Crippen molar-refractivity contribution in [1.82, 2.24) is 14.5 Å². The molecule has 0 radical (unpaired) electrons. The van der Waals surface area contributed by atoms with Crippen LogP contribution >= 0.6 is 23.4 Å². The lowest BCUT2D eigenvalue weighted by atomic mass is 9.92. The number of likely N-dealkylation sites (tertiary alicyclic amines) is 1. The van der Waals surface area contributed by atoms with Crippen LogP contribution in [0.3, 0.4) is 0 Å². The summed E-state index contributed by atoms with van der Waals surface area (Å²) >= 11 is 7.42. The Morgan fingerprint density at radius 1 is 1.29 bits per heavy atom. The van der Waals surface area contributed by atoms with Crippen molar-refractivity contribution in [3.05, 3.63) is 33.6 Å². The predicted octanol–water partition coefficient (Wildman–Crippen LogP) is 4.30. The number of nitrogens with zero attached hydrogens (tertiary/aromatic N) is 3. The van der Waals surface area contributed by atoms with Crippen LogP contribution in [0.4, 0.5) is 0 Å². The van der Waals surface area contributed by atoms with Gasteiger partial charge in [0.05, 0.1) is 16.7 Å². The second kappa shape index (κ2) is 8.87. The Bertz CT molecular complexity index is 918. The van der Waals surface area contributed by atoms with E-state index < -0.39 is 0 Å². The maximum atomic E-state index is 13.0. The number of carbonyl (C=O) groups excluding carboxylic acids is 1. The molecular weight excluding hydrogens is 394 g/mol. The largest absolute Gasteiger partial charge is 0.341 e. The minimum atomic E-state index is -0.101. The summed E-state index contributed by atoms with van der Waals surface area (Å²) in [6.07, 6.45) is 1.17. The van der Waals surface area contributed by atoms with Crippen molar-refractivity contribution >= 4 is 40.2 Å². The molecule has 7 heteroatoms. The summed E-state index contributed by atoms with van der Waals surface area (Å²) in [5.41, 5.74) is 0.515. The normalized spacial score (nSPS) is 20.1. The van der Waals surface area contributed by atoms with E-state index in [1.165, 1.54) is 18.2 Å². The molecule has 0 N–H and O–H groups in total. The van der Waals surface area contributed by atoms with E-state index in [-0.39, 0.29) is 17.4 Å². The highest BCUT2D eigenvalue weighted by Gasteiger charge is 2.25. The molecule has 1 aliphatic rings. The fourth-order valence-corrected chi connectivity index (χ4v) is 4.98. The number of carbonyl (C=O) groups is 1. The van der Waals surface area contributed by atoms with Gasteiger partial charge in [-0.05, 0) is 42.4 Å². The van der Waals surface area contributed by atoms with Crippen molar-refractivity contribution in [1.29, 1.82) is 0 Å². The lowest BCUT2D eigenvalue weighted by Gasteiger charge is -2.35. The first-order valence-electron chi connectivity index (χ1n) is 9.85. The van der Waals surface area contributed by atoms with Crippen molar-refractivity contribution in [3.63, 3.8) is 0 Å². The van der Waals surface area contributed by atoms with Crippen molar-refractivity contribution < 1.29 is 4.79 Å². The summed E-state index contributed by atoms with van der Waals surface area (Å²) in [7, 11) is 0. The number of amides is 1. The van der Waals surface area contributed by atoms with Crippen LogP contribution in [0.15, 0.2) is 28.2 Å². The van der Waals surface area contributed by atoms with Crippen LogP contribution in [0.5, 0.6) is 0 Å². The summed E-state index contributed by atoms with van der Waals surface area (Å²) < 4.78 is 1.68. The van der Waals surface area contributed by atoms with E-state index in [2.05, 4.69) is 32.7 Å². The van der Waals surface area contributed by atoms with Crippen LogP contribution < -0.4 is 5.56 Å².